The average molecular weight is 490 g/mol. The van der Waals surface area contributed by atoms with Crippen LogP contribution in [0.5, 0.6) is 0 Å². The number of thiophene rings is 1. The Labute approximate surface area is 186 Å². The van der Waals surface area contributed by atoms with E-state index < -0.39 is 5.92 Å². The van der Waals surface area contributed by atoms with Crippen molar-refractivity contribution >= 4 is 50.3 Å². The second-order valence-corrected chi connectivity index (χ2v) is 9.28. The van der Waals surface area contributed by atoms with Crippen molar-refractivity contribution in [2.24, 2.45) is 5.73 Å². The third-order valence-electron chi connectivity index (χ3n) is 5.28. The minimum atomic E-state index is -0.448. The van der Waals surface area contributed by atoms with E-state index in [0.29, 0.717) is 35.5 Å². The van der Waals surface area contributed by atoms with Crippen LogP contribution in [0.3, 0.4) is 0 Å². The third kappa shape index (κ3) is 3.29. The Balaban J connectivity index is 1.98. The zero-order valence-corrected chi connectivity index (χ0v) is 18.9. The van der Waals surface area contributed by atoms with E-state index in [-0.39, 0.29) is 10.9 Å². The van der Waals surface area contributed by atoms with Crippen LogP contribution in [0, 0.1) is 11.3 Å². The van der Waals surface area contributed by atoms with Gasteiger partial charge in [0.1, 0.15) is 5.82 Å². The van der Waals surface area contributed by atoms with Crippen molar-refractivity contribution in [2.75, 3.05) is 4.90 Å². The Hall–Kier alpha value is -2.14. The maximum Gasteiger partial charge on any atom is 0.161 e. The summed E-state index contributed by atoms with van der Waals surface area (Å²) in [5.74, 6) is -0.0800. The van der Waals surface area contributed by atoms with E-state index in [4.69, 9.17) is 17.3 Å². The number of rotatable bonds is 3. The molecule has 29 heavy (non-hydrogen) atoms. The molecule has 2 aromatic heterocycles. The van der Waals surface area contributed by atoms with Crippen LogP contribution in [-0.2, 0) is 11.2 Å². The predicted molar refractivity (Wildman–Crippen MR) is 119 cm³/mol. The number of carbonyl (C=O) groups is 1. The molecule has 0 bridgehead atoms. The van der Waals surface area contributed by atoms with Gasteiger partial charge in [0.05, 0.1) is 23.2 Å². The summed E-state index contributed by atoms with van der Waals surface area (Å²) in [6.45, 7) is 2.08. The Kier molecular flexibility index (Phi) is 5.52. The van der Waals surface area contributed by atoms with E-state index in [0.717, 1.165) is 27.9 Å². The monoisotopic (exact) mass is 488 g/mol. The fraction of sp³-hybridized carbons (Fsp3) is 0.286. The van der Waals surface area contributed by atoms with E-state index in [1.807, 2.05) is 6.07 Å². The second-order valence-electron chi connectivity index (χ2n) is 6.90. The van der Waals surface area contributed by atoms with Gasteiger partial charge in [0.2, 0.25) is 0 Å². The maximum absolute atomic E-state index is 13.1. The molecule has 4 rings (SSSR count). The molecule has 2 N–H and O–H groups in total. The van der Waals surface area contributed by atoms with E-state index in [2.05, 4.69) is 33.9 Å². The maximum atomic E-state index is 13.1. The van der Waals surface area contributed by atoms with Crippen molar-refractivity contribution < 1.29 is 4.79 Å². The minimum absolute atomic E-state index is 0.0593. The molecule has 0 radical (unpaired) electrons. The summed E-state index contributed by atoms with van der Waals surface area (Å²) in [5, 5.41) is 10.3. The lowest BCUT2D eigenvalue weighted by molar-refractivity contribution is -0.116. The van der Waals surface area contributed by atoms with Crippen LogP contribution < -0.4 is 10.6 Å². The average Bonchev–Trinajstić information content (AvgIpc) is 3.08. The molecular weight excluding hydrogens is 472 g/mol. The first kappa shape index (κ1) is 20.1. The number of aryl methyl sites for hydroxylation is 1. The number of hydrogen-bond acceptors (Lipinski definition) is 6. The van der Waals surface area contributed by atoms with Crippen molar-refractivity contribution in [1.29, 1.82) is 5.26 Å². The van der Waals surface area contributed by atoms with Crippen LogP contribution in [0.4, 0.5) is 5.69 Å². The number of allylic oxidation sites excluding steroid dienone is 3. The van der Waals surface area contributed by atoms with Crippen LogP contribution in [0.25, 0.3) is 0 Å². The molecule has 1 unspecified atom stereocenters. The van der Waals surface area contributed by atoms with E-state index >= 15 is 0 Å². The molecule has 0 aromatic carbocycles. The van der Waals surface area contributed by atoms with Gasteiger partial charge >= 0.3 is 0 Å². The summed E-state index contributed by atoms with van der Waals surface area (Å²) in [6.07, 6.45) is 4.37. The van der Waals surface area contributed by atoms with E-state index in [9.17, 15) is 10.1 Å². The van der Waals surface area contributed by atoms with Crippen LogP contribution in [0.2, 0.25) is 5.15 Å². The summed E-state index contributed by atoms with van der Waals surface area (Å²) < 4.78 is 0.999. The highest BCUT2D eigenvalue weighted by atomic mass is 79.9. The van der Waals surface area contributed by atoms with Crippen LogP contribution in [-0.4, -0.2) is 10.8 Å². The number of Topliss-reactive ketones (excluding diaryl/α,β-unsaturated/α-hetero) is 1. The molecule has 1 aliphatic heterocycles. The second kappa shape index (κ2) is 7.94. The first-order valence-electron chi connectivity index (χ1n) is 9.32. The normalized spacial score (nSPS) is 19.4. The largest absolute Gasteiger partial charge is 0.384 e. The highest BCUT2D eigenvalue weighted by Gasteiger charge is 2.41. The molecule has 8 heteroatoms. The Bertz CT molecular complexity index is 1110. The summed E-state index contributed by atoms with van der Waals surface area (Å²) >= 11 is 11.6. The molecule has 148 valence electrons. The molecule has 2 aliphatic rings. The minimum Gasteiger partial charge on any atom is -0.384 e. The summed E-state index contributed by atoms with van der Waals surface area (Å²) in [5.41, 5.74) is 8.96. The fourth-order valence-corrected chi connectivity index (χ4v) is 6.24. The molecule has 1 atom stereocenters. The molecule has 1 aliphatic carbocycles. The van der Waals surface area contributed by atoms with Gasteiger partial charge in [0, 0.05) is 38.1 Å². The highest BCUT2D eigenvalue weighted by Crippen LogP contribution is 2.49. The van der Waals surface area contributed by atoms with Gasteiger partial charge in [-0.1, -0.05) is 18.5 Å². The molecular formula is C21H18BrClN4OS. The van der Waals surface area contributed by atoms with Crippen LogP contribution in [0.15, 0.2) is 51.5 Å². The van der Waals surface area contributed by atoms with E-state index in [1.54, 1.807) is 34.6 Å². The smallest absolute Gasteiger partial charge is 0.161 e. The Morgan fingerprint density at radius 3 is 2.93 bits per heavy atom. The number of nitrogens with two attached hydrogens (primary N) is 1. The summed E-state index contributed by atoms with van der Waals surface area (Å²) in [4.78, 5) is 21.1. The van der Waals surface area contributed by atoms with Crippen molar-refractivity contribution in [1.82, 2.24) is 4.98 Å². The number of nitriles is 1. The molecule has 5 nitrogen and oxygen atoms in total. The first-order valence-corrected chi connectivity index (χ1v) is 11.3. The lowest BCUT2D eigenvalue weighted by Crippen LogP contribution is -2.38. The van der Waals surface area contributed by atoms with Crippen molar-refractivity contribution in [3.05, 3.63) is 66.4 Å². The lowest BCUT2D eigenvalue weighted by atomic mass is 9.78. The molecule has 3 heterocycles. The summed E-state index contributed by atoms with van der Waals surface area (Å²) in [7, 11) is 0. The predicted octanol–water partition coefficient (Wildman–Crippen LogP) is 5.43. The van der Waals surface area contributed by atoms with Gasteiger partial charge < -0.3 is 5.73 Å². The number of ketones is 1. The zero-order chi connectivity index (χ0) is 20.7. The molecule has 0 fully saturated rings. The third-order valence-corrected chi connectivity index (χ3v) is 7.88. The topological polar surface area (TPSA) is 83.0 Å². The molecule has 0 saturated carbocycles. The number of hydrogen-bond donors (Lipinski definition) is 1. The number of nitrogens with zero attached hydrogens (tertiary/aromatic N) is 3. The highest BCUT2D eigenvalue weighted by molar-refractivity contribution is 9.10. The first-order chi connectivity index (χ1) is 14.0. The Morgan fingerprint density at radius 2 is 2.28 bits per heavy atom. The summed E-state index contributed by atoms with van der Waals surface area (Å²) in [6, 6.07) is 7.86. The molecule has 0 saturated heterocycles. The molecule has 2 aromatic rings. The lowest BCUT2D eigenvalue weighted by Gasteiger charge is -2.39. The number of halogens is 2. The van der Waals surface area contributed by atoms with Gasteiger partial charge in [-0.05, 0) is 53.4 Å². The molecule has 0 amide bonds. The SMILES string of the molecule is CCc1sc(C2C(C#N)=C(N)N(c3cccnc3Cl)C3=C2C(=O)CCC3)cc1Br. The van der Waals surface area contributed by atoms with E-state index in [1.165, 1.54) is 4.88 Å². The van der Waals surface area contributed by atoms with Gasteiger partial charge in [-0.25, -0.2) is 4.98 Å². The number of pyridine rings is 1. The van der Waals surface area contributed by atoms with Gasteiger partial charge in [-0.3, -0.25) is 9.69 Å². The van der Waals surface area contributed by atoms with Crippen molar-refractivity contribution in [3.8, 4) is 6.07 Å². The fourth-order valence-electron chi connectivity index (χ4n) is 4.00. The van der Waals surface area contributed by atoms with Crippen molar-refractivity contribution in [3.63, 3.8) is 0 Å². The van der Waals surface area contributed by atoms with Gasteiger partial charge in [0.25, 0.3) is 0 Å². The quantitative estimate of drug-likeness (QED) is 0.582. The van der Waals surface area contributed by atoms with Crippen LogP contribution >= 0.6 is 38.9 Å². The molecule has 0 spiro atoms. The van der Waals surface area contributed by atoms with Crippen molar-refractivity contribution in [2.45, 2.75) is 38.5 Å². The number of carbonyl (C=O) groups excluding carboxylic acids is 1. The number of aromatic nitrogens is 1. The number of anilines is 1. The van der Waals surface area contributed by atoms with Gasteiger partial charge in [0.15, 0.2) is 10.9 Å². The van der Waals surface area contributed by atoms with Crippen LogP contribution in [0.1, 0.15) is 41.9 Å². The Morgan fingerprint density at radius 1 is 1.48 bits per heavy atom. The standard InChI is InChI=1S/C21H18BrClN4OS/c1-2-16-12(22)9-17(29-16)18-11(10-24)21(25)27(14-6-4-8-26-20(14)23)13-5-3-7-15(28)19(13)18/h4,6,8-9,18H,2-3,5,7,25H2,1H3. The van der Waals surface area contributed by atoms with Gasteiger partial charge in [-0.15, -0.1) is 11.3 Å². The zero-order valence-electron chi connectivity index (χ0n) is 15.7. The van der Waals surface area contributed by atoms with Gasteiger partial charge in [-0.2, -0.15) is 5.26 Å².